The van der Waals surface area contributed by atoms with Crippen LogP contribution in [-0.4, -0.2) is 10.9 Å². The molecule has 1 aromatic heterocycles. The maximum Gasteiger partial charge on any atom is 0.272 e. The number of amides is 1. The second-order valence-electron chi connectivity index (χ2n) is 4.29. The SMILES string of the molecule is CCc1ccc(CNC(=O)c2ncccc2N)cc1. The normalized spacial score (nSPS) is 10.2. The van der Waals surface area contributed by atoms with Gasteiger partial charge in [-0.05, 0) is 29.7 Å². The molecule has 1 heterocycles. The van der Waals surface area contributed by atoms with Gasteiger partial charge in [0.15, 0.2) is 5.69 Å². The van der Waals surface area contributed by atoms with Crippen molar-refractivity contribution in [3.05, 3.63) is 59.4 Å². The van der Waals surface area contributed by atoms with Crippen molar-refractivity contribution < 1.29 is 4.79 Å². The van der Waals surface area contributed by atoms with Crippen LogP contribution in [0.5, 0.6) is 0 Å². The molecule has 0 saturated heterocycles. The Labute approximate surface area is 112 Å². The number of nitrogens with two attached hydrogens (primary N) is 1. The van der Waals surface area contributed by atoms with Gasteiger partial charge in [0, 0.05) is 12.7 Å². The molecular formula is C15H17N3O. The van der Waals surface area contributed by atoms with E-state index in [1.807, 2.05) is 12.1 Å². The predicted molar refractivity (Wildman–Crippen MR) is 75.6 cm³/mol. The van der Waals surface area contributed by atoms with Crippen LogP contribution < -0.4 is 11.1 Å². The van der Waals surface area contributed by atoms with Crippen molar-refractivity contribution >= 4 is 11.6 Å². The average Bonchev–Trinajstić information content (AvgIpc) is 2.46. The van der Waals surface area contributed by atoms with E-state index in [9.17, 15) is 4.79 Å². The predicted octanol–water partition coefficient (Wildman–Crippen LogP) is 2.16. The molecule has 4 heteroatoms. The van der Waals surface area contributed by atoms with Gasteiger partial charge >= 0.3 is 0 Å². The van der Waals surface area contributed by atoms with Gasteiger partial charge in [0.1, 0.15) is 0 Å². The molecule has 0 aliphatic rings. The first-order valence-corrected chi connectivity index (χ1v) is 6.27. The van der Waals surface area contributed by atoms with Gasteiger partial charge in [0.05, 0.1) is 5.69 Å². The number of carbonyl (C=O) groups is 1. The summed E-state index contributed by atoms with van der Waals surface area (Å²) in [6.07, 6.45) is 2.57. The lowest BCUT2D eigenvalue weighted by Crippen LogP contribution is -2.24. The second kappa shape index (κ2) is 6.00. The van der Waals surface area contributed by atoms with E-state index in [0.29, 0.717) is 12.2 Å². The molecule has 1 amide bonds. The quantitative estimate of drug-likeness (QED) is 0.879. The molecule has 4 nitrogen and oxygen atoms in total. The molecule has 3 N–H and O–H groups in total. The largest absolute Gasteiger partial charge is 0.397 e. The Hall–Kier alpha value is -2.36. The average molecular weight is 255 g/mol. The minimum absolute atomic E-state index is 0.252. The van der Waals surface area contributed by atoms with Gasteiger partial charge in [-0.3, -0.25) is 4.79 Å². The molecule has 1 aromatic carbocycles. The Morgan fingerprint density at radius 3 is 2.53 bits per heavy atom. The van der Waals surface area contributed by atoms with Crippen LogP contribution in [0.2, 0.25) is 0 Å². The highest BCUT2D eigenvalue weighted by Crippen LogP contribution is 2.08. The molecule has 0 aliphatic carbocycles. The monoisotopic (exact) mass is 255 g/mol. The third-order valence-electron chi connectivity index (χ3n) is 2.94. The Morgan fingerprint density at radius 2 is 1.89 bits per heavy atom. The molecule has 0 atom stereocenters. The topological polar surface area (TPSA) is 68.0 Å². The number of anilines is 1. The van der Waals surface area contributed by atoms with Crippen molar-refractivity contribution in [2.75, 3.05) is 5.73 Å². The zero-order valence-corrected chi connectivity index (χ0v) is 10.9. The van der Waals surface area contributed by atoms with E-state index in [1.165, 1.54) is 5.56 Å². The summed E-state index contributed by atoms with van der Waals surface area (Å²) < 4.78 is 0. The van der Waals surface area contributed by atoms with Crippen molar-refractivity contribution in [2.24, 2.45) is 0 Å². The summed E-state index contributed by atoms with van der Waals surface area (Å²) in [5, 5.41) is 2.81. The number of nitrogen functional groups attached to an aromatic ring is 1. The Bertz CT molecular complexity index is 564. The van der Waals surface area contributed by atoms with Crippen LogP contribution in [-0.2, 0) is 13.0 Å². The minimum atomic E-state index is -0.252. The minimum Gasteiger partial charge on any atom is -0.397 e. The van der Waals surface area contributed by atoms with E-state index in [-0.39, 0.29) is 11.6 Å². The number of nitrogens with one attached hydrogen (secondary N) is 1. The maximum atomic E-state index is 11.9. The van der Waals surface area contributed by atoms with E-state index in [4.69, 9.17) is 5.73 Å². The van der Waals surface area contributed by atoms with Crippen LogP contribution in [0.1, 0.15) is 28.5 Å². The van der Waals surface area contributed by atoms with E-state index >= 15 is 0 Å². The summed E-state index contributed by atoms with van der Waals surface area (Å²) in [5.41, 5.74) is 8.70. The third-order valence-corrected chi connectivity index (χ3v) is 2.94. The molecule has 0 spiro atoms. The molecule has 0 radical (unpaired) electrons. The lowest BCUT2D eigenvalue weighted by molar-refractivity contribution is 0.0947. The maximum absolute atomic E-state index is 11.9. The molecule has 0 saturated carbocycles. The van der Waals surface area contributed by atoms with Crippen LogP contribution in [0.4, 0.5) is 5.69 Å². The van der Waals surface area contributed by atoms with Gasteiger partial charge in [-0.1, -0.05) is 31.2 Å². The molecular weight excluding hydrogens is 238 g/mol. The summed E-state index contributed by atoms with van der Waals surface area (Å²) in [7, 11) is 0. The number of benzene rings is 1. The van der Waals surface area contributed by atoms with Crippen LogP contribution in [0.15, 0.2) is 42.6 Å². The molecule has 2 rings (SSSR count). The van der Waals surface area contributed by atoms with E-state index in [2.05, 4.69) is 29.4 Å². The molecule has 19 heavy (non-hydrogen) atoms. The number of nitrogens with zero attached hydrogens (tertiary/aromatic N) is 1. The first-order valence-electron chi connectivity index (χ1n) is 6.27. The van der Waals surface area contributed by atoms with Gasteiger partial charge in [0.25, 0.3) is 5.91 Å². The molecule has 0 aliphatic heterocycles. The zero-order valence-electron chi connectivity index (χ0n) is 10.9. The Morgan fingerprint density at radius 1 is 1.21 bits per heavy atom. The van der Waals surface area contributed by atoms with Crippen LogP contribution in [0, 0.1) is 0 Å². The van der Waals surface area contributed by atoms with Crippen LogP contribution >= 0.6 is 0 Å². The summed E-state index contributed by atoms with van der Waals surface area (Å²) in [4.78, 5) is 15.9. The fourth-order valence-electron chi connectivity index (χ4n) is 1.77. The Kier molecular flexibility index (Phi) is 4.13. The molecule has 0 unspecified atom stereocenters. The smallest absolute Gasteiger partial charge is 0.272 e. The van der Waals surface area contributed by atoms with Crippen molar-refractivity contribution in [1.82, 2.24) is 10.3 Å². The van der Waals surface area contributed by atoms with Gasteiger partial charge in [-0.15, -0.1) is 0 Å². The van der Waals surface area contributed by atoms with Crippen LogP contribution in [0.25, 0.3) is 0 Å². The highest BCUT2D eigenvalue weighted by molar-refractivity contribution is 5.96. The standard InChI is InChI=1S/C15H17N3O/c1-2-11-5-7-12(8-6-11)10-18-15(19)14-13(16)4-3-9-17-14/h3-9H,2,10,16H2,1H3,(H,18,19). The van der Waals surface area contributed by atoms with Crippen molar-refractivity contribution in [2.45, 2.75) is 19.9 Å². The fourth-order valence-corrected chi connectivity index (χ4v) is 1.77. The summed E-state index contributed by atoms with van der Waals surface area (Å²) in [6, 6.07) is 11.5. The summed E-state index contributed by atoms with van der Waals surface area (Å²) in [6.45, 7) is 2.58. The summed E-state index contributed by atoms with van der Waals surface area (Å²) >= 11 is 0. The van der Waals surface area contributed by atoms with E-state index < -0.39 is 0 Å². The highest BCUT2D eigenvalue weighted by Gasteiger charge is 2.09. The molecule has 0 bridgehead atoms. The van der Waals surface area contributed by atoms with E-state index in [1.54, 1.807) is 18.3 Å². The number of pyridine rings is 1. The van der Waals surface area contributed by atoms with Gasteiger partial charge in [0.2, 0.25) is 0 Å². The van der Waals surface area contributed by atoms with E-state index in [0.717, 1.165) is 12.0 Å². The fraction of sp³-hybridized carbons (Fsp3) is 0.200. The van der Waals surface area contributed by atoms with Crippen LogP contribution in [0.3, 0.4) is 0 Å². The van der Waals surface area contributed by atoms with Crippen molar-refractivity contribution in [1.29, 1.82) is 0 Å². The molecule has 0 fully saturated rings. The first-order chi connectivity index (χ1) is 9.20. The highest BCUT2D eigenvalue weighted by atomic mass is 16.1. The zero-order chi connectivity index (χ0) is 13.7. The second-order valence-corrected chi connectivity index (χ2v) is 4.29. The molecule has 2 aromatic rings. The van der Waals surface area contributed by atoms with Gasteiger partial charge < -0.3 is 11.1 Å². The number of hydrogen-bond acceptors (Lipinski definition) is 3. The number of hydrogen-bond donors (Lipinski definition) is 2. The third kappa shape index (κ3) is 3.31. The van der Waals surface area contributed by atoms with Gasteiger partial charge in [-0.2, -0.15) is 0 Å². The van der Waals surface area contributed by atoms with Gasteiger partial charge in [-0.25, -0.2) is 4.98 Å². The lowest BCUT2D eigenvalue weighted by atomic mass is 10.1. The first kappa shape index (κ1) is 13.1. The number of rotatable bonds is 4. The summed E-state index contributed by atoms with van der Waals surface area (Å²) in [5.74, 6) is -0.252. The number of carbonyl (C=O) groups excluding carboxylic acids is 1. The number of aromatic nitrogens is 1. The lowest BCUT2D eigenvalue weighted by Gasteiger charge is -2.07. The van der Waals surface area contributed by atoms with Crippen molar-refractivity contribution in [3.8, 4) is 0 Å². The van der Waals surface area contributed by atoms with Crippen molar-refractivity contribution in [3.63, 3.8) is 0 Å². The molecule has 98 valence electrons. The number of aryl methyl sites for hydroxylation is 1. The Balaban J connectivity index is 1.98.